The molecule has 0 aliphatic heterocycles. The minimum Gasteiger partial charge on any atom is -0.363 e. The second kappa shape index (κ2) is 8.03. The van der Waals surface area contributed by atoms with Gasteiger partial charge in [0.25, 0.3) is 0 Å². The molecule has 0 amide bonds. The highest BCUT2D eigenvalue weighted by atomic mass is 35.5. The van der Waals surface area contributed by atoms with Gasteiger partial charge in [-0.25, -0.2) is 15.0 Å². The van der Waals surface area contributed by atoms with Gasteiger partial charge < -0.3 is 15.6 Å². The Morgan fingerprint density at radius 3 is 2.92 bits per heavy atom. The Balaban J connectivity index is 1.41. The fraction of sp³-hybridized carbons (Fsp3) is 0.250. The minimum absolute atomic E-state index is 0.471. The summed E-state index contributed by atoms with van der Waals surface area (Å²) in [5.41, 5.74) is 2.03. The molecule has 0 unspecified atom stereocenters. The summed E-state index contributed by atoms with van der Waals surface area (Å²) in [6.45, 7) is 1.40. The van der Waals surface area contributed by atoms with Crippen molar-refractivity contribution in [1.82, 2.24) is 30.6 Å². The van der Waals surface area contributed by atoms with Crippen LogP contribution in [0.25, 0.3) is 11.0 Å². The van der Waals surface area contributed by atoms with Gasteiger partial charge in [0.1, 0.15) is 16.6 Å². The van der Waals surface area contributed by atoms with Gasteiger partial charge in [0.15, 0.2) is 5.11 Å². The van der Waals surface area contributed by atoms with E-state index in [0.717, 1.165) is 41.8 Å². The van der Waals surface area contributed by atoms with Gasteiger partial charge in [-0.15, -0.1) is 0 Å². The van der Waals surface area contributed by atoms with E-state index in [-0.39, 0.29) is 0 Å². The molecule has 0 saturated carbocycles. The van der Waals surface area contributed by atoms with Crippen molar-refractivity contribution in [1.29, 1.82) is 0 Å². The highest BCUT2D eigenvalue weighted by Gasteiger charge is 2.03. The summed E-state index contributed by atoms with van der Waals surface area (Å²) >= 11 is 11.1. The fourth-order valence-electron chi connectivity index (χ4n) is 2.35. The predicted octanol–water partition coefficient (Wildman–Crippen LogP) is 2.60. The first kappa shape index (κ1) is 16.6. The van der Waals surface area contributed by atoms with E-state index in [1.54, 1.807) is 18.5 Å². The van der Waals surface area contributed by atoms with Crippen LogP contribution in [0.3, 0.4) is 0 Å². The molecule has 0 saturated heterocycles. The fourth-order valence-corrected chi connectivity index (χ4v) is 2.68. The number of aromatic amines is 1. The number of halogens is 1. The van der Waals surface area contributed by atoms with Crippen molar-refractivity contribution in [3.8, 4) is 0 Å². The van der Waals surface area contributed by atoms with Gasteiger partial charge in [-0.2, -0.15) is 0 Å². The van der Waals surface area contributed by atoms with Crippen molar-refractivity contribution in [2.45, 2.75) is 19.4 Å². The molecular weight excluding hydrogens is 344 g/mol. The Hall–Kier alpha value is -2.25. The Morgan fingerprint density at radius 2 is 2.04 bits per heavy atom. The van der Waals surface area contributed by atoms with Crippen LogP contribution in [-0.4, -0.2) is 31.6 Å². The zero-order chi connectivity index (χ0) is 16.8. The molecule has 24 heavy (non-hydrogen) atoms. The summed E-state index contributed by atoms with van der Waals surface area (Å²) in [5.74, 6) is 0.745. The van der Waals surface area contributed by atoms with E-state index < -0.39 is 0 Å². The maximum absolute atomic E-state index is 5.84. The van der Waals surface area contributed by atoms with Crippen LogP contribution in [0.15, 0.2) is 36.8 Å². The van der Waals surface area contributed by atoms with Crippen molar-refractivity contribution >= 4 is 40.0 Å². The van der Waals surface area contributed by atoms with E-state index in [1.807, 2.05) is 18.3 Å². The zero-order valence-corrected chi connectivity index (χ0v) is 14.5. The lowest BCUT2D eigenvalue weighted by molar-refractivity contribution is 0.728. The number of pyridine rings is 1. The molecule has 3 rings (SSSR count). The molecule has 0 radical (unpaired) electrons. The van der Waals surface area contributed by atoms with Crippen molar-refractivity contribution < 1.29 is 0 Å². The summed E-state index contributed by atoms with van der Waals surface area (Å²) < 4.78 is 0. The van der Waals surface area contributed by atoms with Gasteiger partial charge >= 0.3 is 0 Å². The SMILES string of the molecule is S=C(NCCCc1nccc(Cl)n1)NCc1ccnc2[nH]ccc12. The highest BCUT2D eigenvalue weighted by molar-refractivity contribution is 7.80. The number of hydrogen-bond acceptors (Lipinski definition) is 4. The molecule has 0 fully saturated rings. The summed E-state index contributed by atoms with van der Waals surface area (Å²) in [4.78, 5) is 15.7. The molecule has 3 aromatic rings. The van der Waals surface area contributed by atoms with Crippen LogP contribution >= 0.6 is 23.8 Å². The molecule has 6 nitrogen and oxygen atoms in total. The zero-order valence-electron chi connectivity index (χ0n) is 12.9. The number of H-pyrrole nitrogens is 1. The largest absolute Gasteiger partial charge is 0.363 e. The van der Waals surface area contributed by atoms with E-state index in [9.17, 15) is 0 Å². The molecule has 8 heteroatoms. The molecule has 0 atom stereocenters. The molecule has 0 spiro atoms. The monoisotopic (exact) mass is 360 g/mol. The van der Waals surface area contributed by atoms with Crippen LogP contribution in [0.2, 0.25) is 5.15 Å². The smallest absolute Gasteiger partial charge is 0.166 e. The number of aromatic nitrogens is 4. The molecule has 124 valence electrons. The molecule has 3 heterocycles. The standard InChI is InChI=1S/C16H17ClN6S/c17-13-5-9-18-14(23-13)2-1-6-21-16(24)22-10-11-3-7-19-15-12(11)4-8-20-15/h3-5,7-9H,1-2,6,10H2,(H,19,20)(H2,21,22,24). The Bertz CT molecular complexity index is 834. The van der Waals surface area contributed by atoms with Crippen LogP contribution in [-0.2, 0) is 13.0 Å². The maximum atomic E-state index is 5.84. The van der Waals surface area contributed by atoms with Gasteiger partial charge in [-0.1, -0.05) is 11.6 Å². The van der Waals surface area contributed by atoms with E-state index in [1.165, 1.54) is 0 Å². The minimum atomic E-state index is 0.471. The third-order valence-corrected chi connectivity index (χ3v) is 4.02. The van der Waals surface area contributed by atoms with Crippen molar-refractivity contribution in [2.24, 2.45) is 0 Å². The van der Waals surface area contributed by atoms with Crippen molar-refractivity contribution in [3.05, 3.63) is 53.3 Å². The van der Waals surface area contributed by atoms with Gasteiger partial charge in [0.2, 0.25) is 0 Å². The van der Waals surface area contributed by atoms with Crippen LogP contribution < -0.4 is 10.6 Å². The van der Waals surface area contributed by atoms with Crippen molar-refractivity contribution in [2.75, 3.05) is 6.54 Å². The van der Waals surface area contributed by atoms with Gasteiger partial charge in [0, 0.05) is 43.5 Å². The molecule has 0 aliphatic carbocycles. The number of thiocarbonyl (C=S) groups is 1. The molecule has 3 N–H and O–H groups in total. The second-order valence-electron chi connectivity index (χ2n) is 5.22. The summed E-state index contributed by atoms with van der Waals surface area (Å²) in [6, 6.07) is 5.67. The number of aryl methyl sites for hydroxylation is 1. The van der Waals surface area contributed by atoms with Gasteiger partial charge in [-0.3, -0.25) is 0 Å². The summed E-state index contributed by atoms with van der Waals surface area (Å²) in [7, 11) is 0. The third kappa shape index (κ3) is 4.39. The summed E-state index contributed by atoms with van der Waals surface area (Å²) in [6.07, 6.45) is 6.97. The Kier molecular flexibility index (Phi) is 5.55. The van der Waals surface area contributed by atoms with E-state index >= 15 is 0 Å². The number of nitrogens with zero attached hydrogens (tertiary/aromatic N) is 3. The van der Waals surface area contributed by atoms with E-state index in [2.05, 4.69) is 30.6 Å². The third-order valence-electron chi connectivity index (χ3n) is 3.52. The molecule has 0 aliphatic rings. The average Bonchev–Trinajstić information content (AvgIpc) is 3.06. The van der Waals surface area contributed by atoms with Crippen molar-refractivity contribution in [3.63, 3.8) is 0 Å². The predicted molar refractivity (Wildman–Crippen MR) is 98.9 cm³/mol. The average molecular weight is 361 g/mol. The number of nitrogens with one attached hydrogen (secondary N) is 3. The van der Waals surface area contributed by atoms with E-state index in [4.69, 9.17) is 23.8 Å². The number of hydrogen-bond donors (Lipinski definition) is 3. The normalized spacial score (nSPS) is 10.7. The first-order chi connectivity index (χ1) is 11.7. The molecule has 0 aromatic carbocycles. The Labute approximate surface area is 150 Å². The summed E-state index contributed by atoms with van der Waals surface area (Å²) in [5, 5.41) is 8.60. The van der Waals surface area contributed by atoms with Gasteiger partial charge in [0.05, 0.1) is 0 Å². The number of rotatable bonds is 6. The van der Waals surface area contributed by atoms with Gasteiger partial charge in [-0.05, 0) is 42.4 Å². The lowest BCUT2D eigenvalue weighted by Crippen LogP contribution is -2.35. The lowest BCUT2D eigenvalue weighted by atomic mass is 10.2. The Morgan fingerprint density at radius 1 is 1.17 bits per heavy atom. The topological polar surface area (TPSA) is 78.5 Å². The molecular formula is C16H17ClN6S. The van der Waals surface area contributed by atoms with Crippen LogP contribution in [0.4, 0.5) is 0 Å². The van der Waals surface area contributed by atoms with Crippen LogP contribution in [0, 0.1) is 0 Å². The van der Waals surface area contributed by atoms with E-state index in [0.29, 0.717) is 16.8 Å². The number of fused-ring (bicyclic) bond motifs is 1. The lowest BCUT2D eigenvalue weighted by Gasteiger charge is -2.11. The maximum Gasteiger partial charge on any atom is 0.166 e. The first-order valence-electron chi connectivity index (χ1n) is 7.62. The second-order valence-corrected chi connectivity index (χ2v) is 6.01. The molecule has 3 aromatic heterocycles. The quantitative estimate of drug-likeness (QED) is 0.356. The first-order valence-corrected chi connectivity index (χ1v) is 8.41. The van der Waals surface area contributed by atoms with Crippen LogP contribution in [0.5, 0.6) is 0 Å². The van der Waals surface area contributed by atoms with Crippen LogP contribution in [0.1, 0.15) is 17.8 Å². The molecule has 0 bridgehead atoms. The highest BCUT2D eigenvalue weighted by Crippen LogP contribution is 2.14.